The lowest BCUT2D eigenvalue weighted by Gasteiger charge is -2.38. The van der Waals surface area contributed by atoms with Crippen molar-refractivity contribution in [3.05, 3.63) is 29.3 Å². The number of rotatable bonds is 2. The second-order valence-electron chi connectivity index (χ2n) is 7.12. The van der Waals surface area contributed by atoms with Gasteiger partial charge in [-0.25, -0.2) is 0 Å². The van der Waals surface area contributed by atoms with Crippen LogP contribution in [0.2, 0.25) is 5.02 Å². The van der Waals surface area contributed by atoms with Crippen LogP contribution in [0.1, 0.15) is 39.5 Å². The monoisotopic (exact) mass is 290 g/mol. The summed E-state index contributed by atoms with van der Waals surface area (Å²) in [6, 6.07) is 7.06. The molecule has 0 radical (unpaired) electrons. The van der Waals surface area contributed by atoms with Gasteiger partial charge in [-0.2, -0.15) is 0 Å². The molecule has 1 aromatic carbocycles. The summed E-state index contributed by atoms with van der Waals surface area (Å²) in [6.07, 6.45) is 4.68. The van der Waals surface area contributed by atoms with E-state index in [-0.39, 0.29) is 22.2 Å². The minimum atomic E-state index is -0.234. The summed E-state index contributed by atoms with van der Waals surface area (Å²) in [5.41, 5.74) is 0.108. The van der Waals surface area contributed by atoms with Crippen LogP contribution in [-0.4, -0.2) is 5.97 Å². The number of carbonyl (C=O) groups is 1. The van der Waals surface area contributed by atoms with Crippen molar-refractivity contribution < 1.29 is 9.53 Å². The van der Waals surface area contributed by atoms with Crippen LogP contribution in [0.4, 0.5) is 0 Å². The van der Waals surface area contributed by atoms with Gasteiger partial charge >= 0.3 is 5.97 Å². The predicted octanol–water partition coefficient (Wildman–Crippen LogP) is 4.46. The first-order valence-corrected chi connectivity index (χ1v) is 7.81. The topological polar surface area (TPSA) is 26.3 Å². The first-order valence-electron chi connectivity index (χ1n) is 7.44. The summed E-state index contributed by atoms with van der Waals surface area (Å²) >= 11 is 5.87. The smallest absolute Gasteiger partial charge is 0.318 e. The molecule has 0 bridgehead atoms. The Morgan fingerprint density at radius 2 is 1.85 bits per heavy atom. The zero-order valence-electron chi connectivity index (χ0n) is 11.9. The lowest BCUT2D eigenvalue weighted by atomic mass is 9.66. The van der Waals surface area contributed by atoms with Crippen LogP contribution in [0.25, 0.3) is 0 Å². The molecule has 2 nitrogen and oxygen atoms in total. The normalized spacial score (nSPS) is 39.5. The van der Waals surface area contributed by atoms with Crippen molar-refractivity contribution in [1.82, 2.24) is 0 Å². The number of hydrogen-bond donors (Lipinski definition) is 0. The van der Waals surface area contributed by atoms with Crippen molar-refractivity contribution in [2.24, 2.45) is 22.2 Å². The zero-order valence-corrected chi connectivity index (χ0v) is 12.7. The van der Waals surface area contributed by atoms with E-state index in [1.807, 2.05) is 0 Å². The van der Waals surface area contributed by atoms with Crippen LogP contribution < -0.4 is 4.74 Å². The van der Waals surface area contributed by atoms with Crippen LogP contribution in [0.5, 0.6) is 5.75 Å². The van der Waals surface area contributed by atoms with Gasteiger partial charge in [-0.15, -0.1) is 0 Å². The van der Waals surface area contributed by atoms with E-state index in [4.69, 9.17) is 16.3 Å². The highest BCUT2D eigenvalue weighted by Gasteiger charge is 2.92. The van der Waals surface area contributed by atoms with Crippen LogP contribution in [0.3, 0.4) is 0 Å². The number of ether oxygens (including phenoxy) is 1. The molecule has 0 aliphatic heterocycles. The number of benzene rings is 1. The van der Waals surface area contributed by atoms with Crippen LogP contribution >= 0.6 is 11.6 Å². The molecule has 0 heterocycles. The Morgan fingerprint density at radius 1 is 1.20 bits per heavy atom. The fraction of sp³-hybridized carbons (Fsp3) is 0.588. The van der Waals surface area contributed by atoms with Crippen LogP contribution in [0, 0.1) is 22.2 Å². The van der Waals surface area contributed by atoms with Crippen LogP contribution in [0.15, 0.2) is 24.3 Å². The Hall–Kier alpha value is -1.02. The van der Waals surface area contributed by atoms with E-state index < -0.39 is 0 Å². The third-order valence-corrected chi connectivity index (χ3v) is 6.96. The molecule has 20 heavy (non-hydrogen) atoms. The summed E-state index contributed by atoms with van der Waals surface area (Å²) in [5.74, 6) is 1.33. The fourth-order valence-corrected chi connectivity index (χ4v) is 5.80. The van der Waals surface area contributed by atoms with Gasteiger partial charge in [-0.1, -0.05) is 25.4 Å². The average molecular weight is 291 g/mol. The van der Waals surface area contributed by atoms with Crippen molar-refractivity contribution >= 4 is 17.6 Å². The van der Waals surface area contributed by atoms with Gasteiger partial charge in [0.2, 0.25) is 0 Å². The SMILES string of the molecule is CC1(C)C2(C(=O)Oc3ccc(Cl)cc3)CCC3CCC312. The number of carbonyl (C=O) groups excluding carboxylic acids is 1. The van der Waals surface area contributed by atoms with Gasteiger partial charge in [0.05, 0.1) is 5.41 Å². The van der Waals surface area contributed by atoms with Crippen molar-refractivity contribution in [2.45, 2.75) is 39.5 Å². The third kappa shape index (κ3) is 1.13. The lowest BCUT2D eigenvalue weighted by molar-refractivity contribution is -0.143. The molecular formula is C17H19ClO2. The number of hydrogen-bond acceptors (Lipinski definition) is 2. The Balaban J connectivity index is 1.62. The minimum absolute atomic E-state index is 0.0213. The average Bonchev–Trinajstić information content (AvgIpc) is 2.71. The van der Waals surface area contributed by atoms with E-state index in [2.05, 4.69) is 13.8 Å². The summed E-state index contributed by atoms with van der Waals surface area (Å²) < 4.78 is 5.68. The molecule has 3 saturated carbocycles. The van der Waals surface area contributed by atoms with Gasteiger partial charge in [0.1, 0.15) is 5.75 Å². The molecule has 0 aromatic heterocycles. The molecule has 1 spiro atoms. The number of halogens is 1. The highest BCUT2D eigenvalue weighted by atomic mass is 35.5. The molecule has 3 heteroatoms. The van der Waals surface area contributed by atoms with E-state index in [9.17, 15) is 4.79 Å². The van der Waals surface area contributed by atoms with Gasteiger partial charge in [-0.05, 0) is 66.7 Å². The molecule has 0 amide bonds. The maximum Gasteiger partial charge on any atom is 0.318 e. The Morgan fingerprint density at radius 3 is 2.40 bits per heavy atom. The van der Waals surface area contributed by atoms with Crippen LogP contribution in [-0.2, 0) is 4.79 Å². The van der Waals surface area contributed by atoms with Gasteiger partial charge in [0.25, 0.3) is 0 Å². The predicted molar refractivity (Wildman–Crippen MR) is 77.7 cm³/mol. The van der Waals surface area contributed by atoms with Crippen molar-refractivity contribution in [3.63, 3.8) is 0 Å². The zero-order chi connectivity index (χ0) is 14.2. The van der Waals surface area contributed by atoms with Crippen molar-refractivity contribution in [2.75, 3.05) is 0 Å². The standard InChI is InChI=1S/C17H19ClO2/c1-15(2)16-9-7-11(16)8-10-17(15,16)14(19)20-13-5-3-12(18)4-6-13/h3-6,11H,7-10H2,1-2H3. The van der Waals surface area contributed by atoms with Crippen molar-refractivity contribution in [1.29, 1.82) is 0 Å². The summed E-state index contributed by atoms with van der Waals surface area (Å²) in [4.78, 5) is 12.8. The van der Waals surface area contributed by atoms with Gasteiger partial charge < -0.3 is 4.74 Å². The van der Waals surface area contributed by atoms with E-state index >= 15 is 0 Å². The molecule has 3 aliphatic carbocycles. The van der Waals surface area contributed by atoms with Gasteiger partial charge in [-0.3, -0.25) is 4.79 Å². The second-order valence-corrected chi connectivity index (χ2v) is 7.56. The van der Waals surface area contributed by atoms with E-state index in [0.717, 1.165) is 12.3 Å². The summed E-state index contributed by atoms with van der Waals surface area (Å²) in [7, 11) is 0. The Bertz CT molecular complexity index is 592. The lowest BCUT2D eigenvalue weighted by Crippen LogP contribution is -2.32. The first kappa shape index (κ1) is 12.7. The molecule has 4 rings (SSSR count). The molecule has 1 aromatic rings. The molecule has 3 unspecified atom stereocenters. The fourth-order valence-electron chi connectivity index (χ4n) is 5.67. The molecule has 0 N–H and O–H groups in total. The highest BCUT2D eigenvalue weighted by molar-refractivity contribution is 6.30. The molecular weight excluding hydrogens is 272 g/mol. The second kappa shape index (κ2) is 3.59. The third-order valence-electron chi connectivity index (χ3n) is 6.71. The highest BCUT2D eigenvalue weighted by Crippen LogP contribution is 2.93. The minimum Gasteiger partial charge on any atom is -0.426 e. The summed E-state index contributed by atoms with van der Waals surface area (Å²) in [6.45, 7) is 4.50. The quantitative estimate of drug-likeness (QED) is 0.594. The summed E-state index contributed by atoms with van der Waals surface area (Å²) in [5, 5.41) is 0.658. The molecule has 0 saturated heterocycles. The Kier molecular flexibility index (Phi) is 2.28. The van der Waals surface area contributed by atoms with Crippen molar-refractivity contribution in [3.8, 4) is 5.75 Å². The number of esters is 1. The largest absolute Gasteiger partial charge is 0.426 e. The molecule has 3 aliphatic rings. The van der Waals surface area contributed by atoms with E-state index in [1.165, 1.54) is 19.3 Å². The van der Waals surface area contributed by atoms with E-state index in [0.29, 0.717) is 10.8 Å². The maximum absolute atomic E-state index is 12.8. The molecule has 3 fully saturated rings. The molecule has 106 valence electrons. The van der Waals surface area contributed by atoms with Gasteiger partial charge in [0, 0.05) is 5.02 Å². The van der Waals surface area contributed by atoms with Gasteiger partial charge in [0.15, 0.2) is 0 Å². The first-order chi connectivity index (χ1) is 9.46. The molecule has 3 atom stereocenters. The maximum atomic E-state index is 12.8. The van der Waals surface area contributed by atoms with E-state index in [1.54, 1.807) is 24.3 Å². The Labute approximate surface area is 124 Å².